The van der Waals surface area contributed by atoms with Crippen molar-refractivity contribution in [2.45, 2.75) is 6.04 Å². The van der Waals surface area contributed by atoms with Crippen LogP contribution in [0.5, 0.6) is 11.5 Å². The number of nitrogens with zero attached hydrogens (tertiary/aromatic N) is 1. The normalized spacial score (nSPS) is 11.8. The molecule has 1 atom stereocenters. The molecule has 112 valence electrons. The first-order chi connectivity index (χ1) is 10.1. The highest BCUT2D eigenvalue weighted by atomic mass is 16.5. The minimum atomic E-state index is -0.0528. The predicted octanol–water partition coefficient (Wildman–Crippen LogP) is 2.84. The first-order valence-electron chi connectivity index (χ1n) is 6.88. The van der Waals surface area contributed by atoms with E-state index >= 15 is 0 Å². The van der Waals surface area contributed by atoms with Gasteiger partial charge in [-0.2, -0.15) is 0 Å². The second-order valence-electron chi connectivity index (χ2n) is 4.96. The summed E-state index contributed by atoms with van der Waals surface area (Å²) in [7, 11) is 5.36. The van der Waals surface area contributed by atoms with E-state index in [1.54, 1.807) is 14.2 Å². The third kappa shape index (κ3) is 3.89. The molecule has 0 aliphatic carbocycles. The summed E-state index contributed by atoms with van der Waals surface area (Å²) in [6.45, 7) is 0.735. The summed E-state index contributed by atoms with van der Waals surface area (Å²) in [6.07, 6.45) is 0. The van der Waals surface area contributed by atoms with E-state index in [2.05, 4.69) is 4.90 Å². The molecule has 2 aromatic rings. The van der Waals surface area contributed by atoms with Gasteiger partial charge in [0, 0.05) is 25.3 Å². The highest BCUT2D eigenvalue weighted by molar-refractivity contribution is 5.48. The van der Waals surface area contributed by atoms with Crippen LogP contribution in [-0.2, 0) is 0 Å². The van der Waals surface area contributed by atoms with Crippen LogP contribution in [0.1, 0.15) is 11.6 Å². The summed E-state index contributed by atoms with van der Waals surface area (Å²) in [5.74, 6) is 1.70. The monoisotopic (exact) mass is 286 g/mol. The second-order valence-corrected chi connectivity index (χ2v) is 4.96. The number of likely N-dealkylation sites (N-methyl/N-ethyl adjacent to an activating group) is 1. The molecule has 0 saturated carbocycles. The van der Waals surface area contributed by atoms with Crippen LogP contribution in [0.15, 0.2) is 48.5 Å². The highest BCUT2D eigenvalue weighted by Gasteiger charge is 2.10. The molecule has 0 fully saturated rings. The fraction of sp³-hybridized carbons (Fsp3) is 0.294. The molecule has 2 N–H and O–H groups in total. The SMILES string of the molecule is COc1ccc(C(N)CN(C)c2ccc(OC)cc2)cc1. The van der Waals surface area contributed by atoms with Gasteiger partial charge in [-0.05, 0) is 42.0 Å². The molecular weight excluding hydrogens is 264 g/mol. The van der Waals surface area contributed by atoms with Crippen molar-refractivity contribution in [2.24, 2.45) is 5.73 Å². The van der Waals surface area contributed by atoms with E-state index in [1.165, 1.54) is 0 Å². The largest absolute Gasteiger partial charge is 0.497 e. The number of benzene rings is 2. The van der Waals surface area contributed by atoms with Crippen molar-refractivity contribution in [3.63, 3.8) is 0 Å². The van der Waals surface area contributed by atoms with Gasteiger partial charge in [0.2, 0.25) is 0 Å². The zero-order chi connectivity index (χ0) is 15.2. The minimum Gasteiger partial charge on any atom is -0.497 e. The van der Waals surface area contributed by atoms with Crippen molar-refractivity contribution in [2.75, 3.05) is 32.7 Å². The Morgan fingerprint density at radius 2 is 1.38 bits per heavy atom. The van der Waals surface area contributed by atoms with Crippen LogP contribution in [0.2, 0.25) is 0 Å². The standard InChI is InChI=1S/C17H22N2O2/c1-19(14-6-10-16(21-3)11-7-14)12-17(18)13-4-8-15(20-2)9-5-13/h4-11,17H,12,18H2,1-3H3. The van der Waals surface area contributed by atoms with Gasteiger partial charge in [-0.15, -0.1) is 0 Å². The van der Waals surface area contributed by atoms with E-state index in [4.69, 9.17) is 15.2 Å². The molecule has 1 unspecified atom stereocenters. The second kappa shape index (κ2) is 6.99. The minimum absolute atomic E-state index is 0.0528. The summed E-state index contributed by atoms with van der Waals surface area (Å²) in [5, 5.41) is 0. The van der Waals surface area contributed by atoms with Crippen molar-refractivity contribution in [3.05, 3.63) is 54.1 Å². The lowest BCUT2D eigenvalue weighted by Gasteiger charge is -2.24. The van der Waals surface area contributed by atoms with Gasteiger partial charge in [0.25, 0.3) is 0 Å². The van der Waals surface area contributed by atoms with E-state index < -0.39 is 0 Å². The van der Waals surface area contributed by atoms with Gasteiger partial charge in [-0.3, -0.25) is 0 Å². The zero-order valence-corrected chi connectivity index (χ0v) is 12.7. The molecule has 0 amide bonds. The molecule has 0 aliphatic rings. The summed E-state index contributed by atoms with van der Waals surface area (Å²) >= 11 is 0. The van der Waals surface area contributed by atoms with Crippen molar-refractivity contribution in [3.8, 4) is 11.5 Å². The Kier molecular flexibility index (Phi) is 5.06. The van der Waals surface area contributed by atoms with Crippen LogP contribution in [0, 0.1) is 0 Å². The molecule has 0 bridgehead atoms. The van der Waals surface area contributed by atoms with E-state index in [-0.39, 0.29) is 6.04 Å². The Labute approximate surface area is 126 Å². The van der Waals surface area contributed by atoms with Gasteiger partial charge in [-0.25, -0.2) is 0 Å². The van der Waals surface area contributed by atoms with E-state index in [9.17, 15) is 0 Å². The Hall–Kier alpha value is -2.20. The maximum Gasteiger partial charge on any atom is 0.119 e. The Balaban J connectivity index is 2.01. The number of nitrogens with two attached hydrogens (primary N) is 1. The molecule has 0 saturated heterocycles. The van der Waals surface area contributed by atoms with Crippen molar-refractivity contribution < 1.29 is 9.47 Å². The first kappa shape index (κ1) is 15.2. The third-order valence-corrected chi connectivity index (χ3v) is 3.53. The molecule has 0 radical (unpaired) electrons. The van der Waals surface area contributed by atoms with Crippen LogP contribution in [0.4, 0.5) is 5.69 Å². The molecule has 4 nitrogen and oxygen atoms in total. The number of anilines is 1. The maximum absolute atomic E-state index is 6.27. The molecular formula is C17H22N2O2. The Bertz CT molecular complexity index is 501. The van der Waals surface area contributed by atoms with Gasteiger partial charge in [0.1, 0.15) is 11.5 Å². The van der Waals surface area contributed by atoms with E-state index in [1.807, 2.05) is 55.6 Å². The van der Waals surface area contributed by atoms with Crippen LogP contribution in [-0.4, -0.2) is 27.8 Å². The topological polar surface area (TPSA) is 47.7 Å². The molecule has 0 spiro atoms. The number of methoxy groups -OCH3 is 2. The smallest absolute Gasteiger partial charge is 0.119 e. The molecule has 0 aliphatic heterocycles. The van der Waals surface area contributed by atoms with Crippen LogP contribution < -0.4 is 20.1 Å². The Morgan fingerprint density at radius 1 is 0.905 bits per heavy atom. The fourth-order valence-corrected chi connectivity index (χ4v) is 2.19. The number of hydrogen-bond donors (Lipinski definition) is 1. The van der Waals surface area contributed by atoms with Gasteiger partial charge >= 0.3 is 0 Å². The van der Waals surface area contributed by atoms with Gasteiger partial charge in [0.15, 0.2) is 0 Å². The average molecular weight is 286 g/mol. The highest BCUT2D eigenvalue weighted by Crippen LogP contribution is 2.21. The van der Waals surface area contributed by atoms with Crippen LogP contribution in [0.25, 0.3) is 0 Å². The number of ether oxygens (including phenoxy) is 2. The van der Waals surface area contributed by atoms with Gasteiger partial charge < -0.3 is 20.1 Å². The molecule has 2 rings (SSSR count). The summed E-state index contributed by atoms with van der Waals surface area (Å²) in [5.41, 5.74) is 8.48. The average Bonchev–Trinajstić information content (AvgIpc) is 2.55. The first-order valence-corrected chi connectivity index (χ1v) is 6.88. The van der Waals surface area contributed by atoms with Gasteiger partial charge in [-0.1, -0.05) is 12.1 Å². The van der Waals surface area contributed by atoms with E-state index in [0.717, 1.165) is 29.3 Å². The maximum atomic E-state index is 6.27. The van der Waals surface area contributed by atoms with Crippen molar-refractivity contribution in [1.82, 2.24) is 0 Å². The lowest BCUT2D eigenvalue weighted by Crippen LogP contribution is -2.28. The molecule has 4 heteroatoms. The summed E-state index contributed by atoms with van der Waals surface area (Å²) in [6, 6.07) is 15.8. The van der Waals surface area contributed by atoms with E-state index in [0.29, 0.717) is 0 Å². The van der Waals surface area contributed by atoms with Crippen molar-refractivity contribution >= 4 is 5.69 Å². The third-order valence-electron chi connectivity index (χ3n) is 3.53. The Morgan fingerprint density at radius 3 is 1.86 bits per heavy atom. The summed E-state index contributed by atoms with van der Waals surface area (Å²) in [4.78, 5) is 2.13. The van der Waals surface area contributed by atoms with Crippen molar-refractivity contribution in [1.29, 1.82) is 0 Å². The zero-order valence-electron chi connectivity index (χ0n) is 12.7. The molecule has 2 aromatic carbocycles. The van der Waals surface area contributed by atoms with Crippen LogP contribution >= 0.6 is 0 Å². The van der Waals surface area contributed by atoms with Gasteiger partial charge in [0.05, 0.1) is 14.2 Å². The molecule has 21 heavy (non-hydrogen) atoms. The number of rotatable bonds is 6. The van der Waals surface area contributed by atoms with Crippen LogP contribution in [0.3, 0.4) is 0 Å². The lowest BCUT2D eigenvalue weighted by atomic mass is 10.1. The fourth-order valence-electron chi connectivity index (χ4n) is 2.19. The molecule has 0 heterocycles. The summed E-state index contributed by atoms with van der Waals surface area (Å²) < 4.78 is 10.3. The quantitative estimate of drug-likeness (QED) is 0.887. The lowest BCUT2D eigenvalue weighted by molar-refractivity contribution is 0.414. The number of hydrogen-bond acceptors (Lipinski definition) is 4. The predicted molar refractivity (Wildman–Crippen MR) is 86.2 cm³/mol. The molecule has 0 aromatic heterocycles.